The standard InChI is InChI=1S/C14H15ClN2/c15-14-5-1-3-12(9-14)6-8-17-11-13-4-2-7-16-10-13/h1-5,7,9-10,17H,6,8,11H2. The smallest absolute Gasteiger partial charge is 0.0408 e. The third-order valence-corrected chi connectivity index (χ3v) is 2.77. The number of hydrogen-bond donors (Lipinski definition) is 1. The predicted molar refractivity (Wildman–Crippen MR) is 71.1 cm³/mol. The summed E-state index contributed by atoms with van der Waals surface area (Å²) >= 11 is 5.92. The molecule has 88 valence electrons. The number of pyridine rings is 1. The van der Waals surface area contributed by atoms with Crippen LogP contribution in [-0.2, 0) is 13.0 Å². The highest BCUT2D eigenvalue weighted by Gasteiger charge is 1.95. The van der Waals surface area contributed by atoms with E-state index in [9.17, 15) is 0 Å². The maximum atomic E-state index is 5.92. The van der Waals surface area contributed by atoms with Gasteiger partial charge in [0.1, 0.15) is 0 Å². The molecule has 0 radical (unpaired) electrons. The molecule has 0 atom stereocenters. The lowest BCUT2D eigenvalue weighted by Crippen LogP contribution is -2.16. The first-order valence-corrected chi connectivity index (χ1v) is 6.06. The van der Waals surface area contributed by atoms with Crippen molar-refractivity contribution >= 4 is 11.6 Å². The zero-order valence-electron chi connectivity index (χ0n) is 9.57. The van der Waals surface area contributed by atoms with Crippen molar-refractivity contribution in [3.63, 3.8) is 0 Å². The third kappa shape index (κ3) is 4.17. The lowest BCUT2D eigenvalue weighted by atomic mass is 10.1. The second-order valence-corrected chi connectivity index (χ2v) is 4.35. The molecule has 0 aliphatic carbocycles. The van der Waals surface area contributed by atoms with Crippen LogP contribution in [0.2, 0.25) is 5.02 Å². The molecule has 0 unspecified atom stereocenters. The fourth-order valence-corrected chi connectivity index (χ4v) is 1.87. The molecule has 0 saturated carbocycles. The normalized spacial score (nSPS) is 10.4. The van der Waals surface area contributed by atoms with Crippen LogP contribution in [0, 0.1) is 0 Å². The summed E-state index contributed by atoms with van der Waals surface area (Å²) in [5.74, 6) is 0. The first-order chi connectivity index (χ1) is 8.34. The average molecular weight is 247 g/mol. The van der Waals surface area contributed by atoms with Crippen molar-refractivity contribution in [3.05, 3.63) is 64.9 Å². The van der Waals surface area contributed by atoms with E-state index in [1.54, 1.807) is 6.20 Å². The number of aromatic nitrogens is 1. The minimum atomic E-state index is 0.801. The highest BCUT2D eigenvalue weighted by atomic mass is 35.5. The molecule has 1 N–H and O–H groups in total. The first-order valence-electron chi connectivity index (χ1n) is 5.68. The van der Waals surface area contributed by atoms with Crippen LogP contribution in [-0.4, -0.2) is 11.5 Å². The Labute approximate surface area is 107 Å². The third-order valence-electron chi connectivity index (χ3n) is 2.53. The van der Waals surface area contributed by atoms with E-state index in [0.717, 1.165) is 24.5 Å². The van der Waals surface area contributed by atoms with Crippen molar-refractivity contribution in [2.24, 2.45) is 0 Å². The van der Waals surface area contributed by atoms with Crippen LogP contribution < -0.4 is 5.32 Å². The molecule has 0 bridgehead atoms. The summed E-state index contributed by atoms with van der Waals surface area (Å²) < 4.78 is 0. The molecule has 0 aliphatic heterocycles. The van der Waals surface area contributed by atoms with Crippen LogP contribution in [0.1, 0.15) is 11.1 Å². The van der Waals surface area contributed by atoms with Gasteiger partial charge in [-0.15, -0.1) is 0 Å². The van der Waals surface area contributed by atoms with Gasteiger partial charge in [-0.25, -0.2) is 0 Å². The van der Waals surface area contributed by atoms with E-state index in [0.29, 0.717) is 0 Å². The van der Waals surface area contributed by atoms with Crippen LogP contribution >= 0.6 is 11.6 Å². The number of rotatable bonds is 5. The number of nitrogens with zero attached hydrogens (tertiary/aromatic N) is 1. The summed E-state index contributed by atoms with van der Waals surface area (Å²) in [6.07, 6.45) is 4.66. The summed E-state index contributed by atoms with van der Waals surface area (Å²) in [4.78, 5) is 4.08. The van der Waals surface area contributed by atoms with Crippen molar-refractivity contribution in [2.75, 3.05) is 6.54 Å². The number of benzene rings is 1. The summed E-state index contributed by atoms with van der Waals surface area (Å²) in [6, 6.07) is 12.0. The molecule has 2 aromatic rings. The van der Waals surface area contributed by atoms with E-state index >= 15 is 0 Å². The number of halogens is 1. The summed E-state index contributed by atoms with van der Waals surface area (Å²) in [5.41, 5.74) is 2.47. The minimum absolute atomic E-state index is 0.801. The van der Waals surface area contributed by atoms with Crippen LogP contribution in [0.5, 0.6) is 0 Å². The van der Waals surface area contributed by atoms with Gasteiger partial charge in [-0.2, -0.15) is 0 Å². The number of hydrogen-bond acceptors (Lipinski definition) is 2. The Balaban J connectivity index is 1.73. The molecule has 1 aromatic carbocycles. The van der Waals surface area contributed by atoms with E-state index in [4.69, 9.17) is 11.6 Å². The van der Waals surface area contributed by atoms with Crippen LogP contribution in [0.25, 0.3) is 0 Å². The van der Waals surface area contributed by atoms with E-state index in [2.05, 4.69) is 22.4 Å². The monoisotopic (exact) mass is 246 g/mol. The van der Waals surface area contributed by atoms with Gasteiger partial charge in [-0.3, -0.25) is 4.98 Å². The molecule has 2 nitrogen and oxygen atoms in total. The molecule has 17 heavy (non-hydrogen) atoms. The van der Waals surface area contributed by atoms with E-state index in [1.165, 1.54) is 11.1 Å². The molecule has 0 saturated heterocycles. The SMILES string of the molecule is Clc1cccc(CCNCc2cccnc2)c1. The fourth-order valence-electron chi connectivity index (χ4n) is 1.66. The molecule has 2 rings (SSSR count). The Morgan fingerprint density at radius 2 is 2.00 bits per heavy atom. The molecule has 3 heteroatoms. The Bertz CT molecular complexity index is 457. The van der Waals surface area contributed by atoms with Crippen LogP contribution in [0.15, 0.2) is 48.8 Å². The van der Waals surface area contributed by atoms with Crippen molar-refractivity contribution in [2.45, 2.75) is 13.0 Å². The van der Waals surface area contributed by atoms with Gasteiger partial charge in [0.25, 0.3) is 0 Å². The van der Waals surface area contributed by atoms with Gasteiger partial charge in [0.2, 0.25) is 0 Å². The maximum absolute atomic E-state index is 5.92. The molecular formula is C14H15ClN2. The van der Waals surface area contributed by atoms with Gasteiger partial charge < -0.3 is 5.32 Å². The first kappa shape index (κ1) is 12.1. The van der Waals surface area contributed by atoms with E-state index in [-0.39, 0.29) is 0 Å². The number of nitrogens with one attached hydrogen (secondary N) is 1. The molecule has 0 amide bonds. The largest absolute Gasteiger partial charge is 0.312 e. The lowest BCUT2D eigenvalue weighted by molar-refractivity contribution is 0.685. The lowest BCUT2D eigenvalue weighted by Gasteiger charge is -2.05. The van der Waals surface area contributed by atoms with Gasteiger partial charge in [-0.1, -0.05) is 29.8 Å². The van der Waals surface area contributed by atoms with Crippen molar-refractivity contribution < 1.29 is 0 Å². The Morgan fingerprint density at radius 3 is 2.76 bits per heavy atom. The van der Waals surface area contributed by atoms with E-state index in [1.807, 2.05) is 30.5 Å². The minimum Gasteiger partial charge on any atom is -0.312 e. The molecule has 1 heterocycles. The second-order valence-electron chi connectivity index (χ2n) is 3.92. The summed E-state index contributed by atoms with van der Waals surface area (Å²) in [6.45, 7) is 1.80. The van der Waals surface area contributed by atoms with Gasteiger partial charge in [0, 0.05) is 24.0 Å². The van der Waals surface area contributed by atoms with E-state index < -0.39 is 0 Å². The highest BCUT2D eigenvalue weighted by molar-refractivity contribution is 6.30. The van der Waals surface area contributed by atoms with Gasteiger partial charge >= 0.3 is 0 Å². The Hall–Kier alpha value is -1.38. The fraction of sp³-hybridized carbons (Fsp3) is 0.214. The molecular weight excluding hydrogens is 232 g/mol. The molecule has 0 aliphatic rings. The molecule has 0 fully saturated rings. The Morgan fingerprint density at radius 1 is 1.12 bits per heavy atom. The highest BCUT2D eigenvalue weighted by Crippen LogP contribution is 2.10. The topological polar surface area (TPSA) is 24.9 Å². The van der Waals surface area contributed by atoms with Crippen molar-refractivity contribution in [3.8, 4) is 0 Å². The quantitative estimate of drug-likeness (QED) is 0.821. The Kier molecular flexibility index (Phi) is 4.54. The van der Waals surface area contributed by atoms with Gasteiger partial charge in [-0.05, 0) is 42.3 Å². The second kappa shape index (κ2) is 6.38. The summed E-state index contributed by atoms with van der Waals surface area (Å²) in [5, 5.41) is 4.19. The predicted octanol–water partition coefficient (Wildman–Crippen LogP) is 3.07. The molecule has 0 spiro atoms. The van der Waals surface area contributed by atoms with Crippen LogP contribution in [0.4, 0.5) is 0 Å². The van der Waals surface area contributed by atoms with Gasteiger partial charge in [0.05, 0.1) is 0 Å². The molecule has 1 aromatic heterocycles. The van der Waals surface area contributed by atoms with Crippen LogP contribution in [0.3, 0.4) is 0 Å². The maximum Gasteiger partial charge on any atom is 0.0408 e. The average Bonchev–Trinajstić information content (AvgIpc) is 2.36. The van der Waals surface area contributed by atoms with Crippen molar-refractivity contribution in [1.29, 1.82) is 0 Å². The summed E-state index contributed by atoms with van der Waals surface area (Å²) in [7, 11) is 0. The van der Waals surface area contributed by atoms with Crippen molar-refractivity contribution in [1.82, 2.24) is 10.3 Å². The van der Waals surface area contributed by atoms with Gasteiger partial charge in [0.15, 0.2) is 0 Å². The zero-order chi connectivity index (χ0) is 11.9. The zero-order valence-corrected chi connectivity index (χ0v) is 10.3.